The molecule has 0 bridgehead atoms. The minimum Gasteiger partial charge on any atom is -0.382 e. The van der Waals surface area contributed by atoms with Gasteiger partial charge >= 0.3 is 57.4 Å². The van der Waals surface area contributed by atoms with Gasteiger partial charge in [-0.05, 0) is 98.0 Å². The van der Waals surface area contributed by atoms with Crippen molar-refractivity contribution >= 4 is 162 Å². The summed E-state index contributed by atoms with van der Waals surface area (Å²) in [7, 11) is 1.11. The predicted molar refractivity (Wildman–Crippen MR) is 457 cm³/mol. The number of nitrogens with zero attached hydrogens (tertiary/aromatic N) is 14. The number of rotatable bonds is 35. The Morgan fingerprint density at radius 3 is 0.952 bits per heavy atom. The number of aromatic amines is 4. The molecule has 0 amide bonds. The Hall–Kier alpha value is -6.17. The van der Waals surface area contributed by atoms with Gasteiger partial charge in [-0.25, -0.2) is 49.3 Å². The van der Waals surface area contributed by atoms with E-state index in [1.165, 1.54) is 89.3 Å². The van der Waals surface area contributed by atoms with Crippen LogP contribution in [0.2, 0.25) is 0 Å². The zero-order valence-electron chi connectivity index (χ0n) is 66.0. The van der Waals surface area contributed by atoms with Crippen LogP contribution in [0.4, 0.5) is 17.6 Å². The Balaban J connectivity index is 0.644. The van der Waals surface area contributed by atoms with Crippen LogP contribution in [0, 0.1) is 20.8 Å². The summed E-state index contributed by atoms with van der Waals surface area (Å²) in [6, 6.07) is 0. The smallest absolute Gasteiger partial charge is 0.330 e. The number of hydrogen-bond donors (Lipinski definition) is 13. The number of aryl methyl sites for hydroxylation is 3. The van der Waals surface area contributed by atoms with Crippen LogP contribution in [0.25, 0.3) is 33.5 Å². The molecule has 24 atom stereocenters. The number of imidazole rings is 3. The highest BCUT2D eigenvalue weighted by Gasteiger charge is 2.50. The predicted octanol–water partition coefficient (Wildman–Crippen LogP) is 0.598. The molecule has 64 heteroatoms. The number of hydrogen-bond acceptors (Lipinski definition) is 42. The van der Waals surface area contributed by atoms with Gasteiger partial charge in [0.25, 0.3) is 22.2 Å². The summed E-state index contributed by atoms with van der Waals surface area (Å²) in [5, 5.41) is 0. The van der Waals surface area contributed by atoms with Crippen LogP contribution in [0.5, 0.6) is 0 Å². The van der Waals surface area contributed by atoms with Crippen molar-refractivity contribution in [3.63, 3.8) is 0 Å². The summed E-state index contributed by atoms with van der Waals surface area (Å²) in [4.78, 5) is 203. The van der Waals surface area contributed by atoms with E-state index >= 15 is 0 Å². The fraction of sp³-hybridized carbons (Fsp3) is 0.565. The van der Waals surface area contributed by atoms with Crippen molar-refractivity contribution in [2.45, 2.75) is 183 Å². The lowest BCUT2D eigenvalue weighted by molar-refractivity contribution is -0.0564. The average molecular weight is 1990 g/mol. The molecular formula is C62H81N21O31P6S6. The normalized spacial score (nSPS) is 29.4. The van der Waals surface area contributed by atoms with E-state index in [2.05, 4.69) is 59.8 Å². The zero-order valence-corrected chi connectivity index (χ0v) is 76.3. The molecule has 52 nitrogen and oxygen atoms in total. The highest BCUT2D eigenvalue weighted by Crippen LogP contribution is 2.58. The van der Waals surface area contributed by atoms with Gasteiger partial charge in [-0.15, -0.1) is 0 Å². The maximum Gasteiger partial charge on any atom is 0.330 e. The Kier molecular flexibility index (Phi) is 28.4. The fourth-order valence-electron chi connectivity index (χ4n) is 14.8. The van der Waals surface area contributed by atoms with Crippen LogP contribution in [0.15, 0.2) is 83.8 Å². The van der Waals surface area contributed by atoms with Crippen molar-refractivity contribution in [1.29, 1.82) is 0 Å². The third-order valence-electron chi connectivity index (χ3n) is 20.9. The van der Waals surface area contributed by atoms with Crippen molar-refractivity contribution in [3.8, 4) is 0 Å². The van der Waals surface area contributed by atoms with E-state index in [1.54, 1.807) is 6.92 Å². The standard InChI is InChI=1S/C62H81N21O31P6S6/c1-6-29-30(7-41(103-29)78-13-26(2)55(84)75-60(78)88)110-116(92,122)98-18-38-33(10-44(106-38)81-23-70-47-50(63)66-21-68-52(47)81)112-119(95,125)100-17-37-32(9-43(105-37)80-15-28(4)57(86)77-62(80)90)111-117(93,123)101-19-39-34(11-45(107-39)82-24-71-48-51(64)67-22-69-53(48)82)113-120(96,126)102-20-40-35(12-46(108-40)83-25-72-49-54(83)73-59(65)74-58(49)87)114-118(94,124)99-16-36-31(109-115(91,121)97-5)8-42(104-36)79-14-27(3)56(85)76-61(79)89/h13-15,21-25,29-46H,6-12,16-20H2,1-5H3,(H,91,121)(H,92,122)(H,93,123)(H,94,124)(H,95,125)(H,96,126)(H2,63,66,68)(H2,64,67,69)(H,75,84,88)(H,76,85,89)(H,77,86,90)(H3,65,73,74,87)/t29-,30-,31-,32-,33-,34-,35-,36-,37-,38-,39-,40-,41-,42-,43-,44-,45-,46-,115?,116?,117?,118?,119?,120?/m1/s1. The molecule has 126 heavy (non-hydrogen) atoms. The maximum absolute atomic E-state index is 13.5. The second-order valence-electron chi connectivity index (χ2n) is 29.3. The van der Waals surface area contributed by atoms with E-state index in [9.17, 15) is 62.9 Å². The van der Waals surface area contributed by atoms with Crippen molar-refractivity contribution < 1.29 is 112 Å². The van der Waals surface area contributed by atoms with Gasteiger partial charge in [0.1, 0.15) is 91.6 Å². The van der Waals surface area contributed by atoms with E-state index < -0.39 is 223 Å². The first-order valence-electron chi connectivity index (χ1n) is 37.8. The van der Waals surface area contributed by atoms with Crippen LogP contribution >= 0.6 is 40.3 Å². The van der Waals surface area contributed by atoms with Crippen molar-refractivity contribution in [3.05, 3.63) is 140 Å². The summed E-state index contributed by atoms with van der Waals surface area (Å²) in [5.74, 6) is -0.245. The molecule has 0 aromatic carbocycles. The SMILES string of the molecule is CC[C@H]1O[C@@H](n2cc(C)c(=O)[nH]c2=O)C[C@H]1OP(O)(=S)OC[C@H]1O[C@@H](n2cnc3c(N)ncnc32)C[C@H]1OP(O)(=S)OC[C@H]1O[C@@H](n2cc(C)c(=O)[nH]c2=O)C[C@H]1OP(O)(=S)OC[C@H]1O[C@@H](n2cnc3c(N)ncnc32)C[C@H]1OP(O)(=S)OC[C@H]1O[C@@H](n2cnc3c(=O)[nH]c(N)nc32)C[C@H]1OP(O)(=S)OC[C@H]1O[C@@H](n2cc(C)c(=O)[nH]c2=O)C[C@H]1OP(O)(=S)OC. The van der Waals surface area contributed by atoms with Crippen LogP contribution in [0.3, 0.4) is 0 Å². The van der Waals surface area contributed by atoms with Gasteiger partial charge in [0.15, 0.2) is 34.1 Å². The molecule has 0 spiro atoms. The van der Waals surface area contributed by atoms with Gasteiger partial charge in [-0.2, -0.15) is 4.98 Å². The Morgan fingerprint density at radius 1 is 0.381 bits per heavy atom. The lowest BCUT2D eigenvalue weighted by atomic mass is 10.1. The highest BCUT2D eigenvalue weighted by molar-refractivity contribution is 8.08. The summed E-state index contributed by atoms with van der Waals surface area (Å²) < 4.78 is 117. The number of nitrogens with two attached hydrogens (primary N) is 3. The first-order chi connectivity index (χ1) is 59.5. The molecule has 9 aromatic heterocycles. The van der Waals surface area contributed by atoms with E-state index in [0.29, 0.717) is 6.42 Å². The Morgan fingerprint density at radius 2 is 0.651 bits per heavy atom. The molecule has 15 heterocycles. The third-order valence-corrected chi connectivity index (χ3v) is 30.5. The largest absolute Gasteiger partial charge is 0.382 e. The highest BCUT2D eigenvalue weighted by atomic mass is 32.5. The number of nitrogen functional groups attached to an aromatic ring is 3. The molecule has 6 saturated heterocycles. The number of nitrogens with one attached hydrogen (secondary N) is 4. The molecule has 6 unspecified atom stereocenters. The Labute approximate surface area is 737 Å². The third kappa shape index (κ3) is 21.4. The van der Waals surface area contributed by atoms with Gasteiger partial charge in [0.05, 0.1) is 94.7 Å². The number of aromatic nitrogens is 18. The summed E-state index contributed by atoms with van der Waals surface area (Å²) in [5.41, 5.74) is 14.2. The van der Waals surface area contributed by atoms with E-state index in [4.69, 9.17) is 171 Å². The minimum atomic E-state index is -4.68. The molecule has 686 valence electrons. The van der Waals surface area contributed by atoms with Gasteiger partial charge in [0.2, 0.25) is 5.95 Å². The quantitative estimate of drug-likeness (QED) is 0.0242. The molecule has 6 aliphatic heterocycles. The first-order valence-corrected chi connectivity index (χ1v) is 53.4. The summed E-state index contributed by atoms with van der Waals surface area (Å²) in [6.07, 6.45) is -12.5. The minimum absolute atomic E-state index is 0.00119. The van der Waals surface area contributed by atoms with Crippen LogP contribution in [-0.2, 0) is 154 Å². The van der Waals surface area contributed by atoms with E-state index in [0.717, 1.165) is 16.2 Å². The number of fused-ring (bicyclic) bond motifs is 3. The first kappa shape index (κ1) is 94.5. The van der Waals surface area contributed by atoms with Gasteiger partial charge in [-0.1, -0.05) is 6.92 Å². The molecule has 0 aliphatic carbocycles. The van der Waals surface area contributed by atoms with E-state index in [-0.39, 0.29) is 106 Å². The molecule has 0 saturated carbocycles. The molecule has 6 aliphatic rings. The van der Waals surface area contributed by atoms with Gasteiger partial charge < -0.3 is 129 Å². The molecule has 9 aromatic rings. The number of anilines is 3. The molecule has 15 rings (SSSR count). The molecule has 0 radical (unpaired) electrons. The summed E-state index contributed by atoms with van der Waals surface area (Å²) in [6.45, 7) is -23.9. The van der Waals surface area contributed by atoms with Crippen molar-refractivity contribution in [2.75, 3.05) is 57.3 Å². The maximum atomic E-state index is 13.5. The second-order valence-corrected chi connectivity index (χ2v) is 46.2. The molecular weight excluding hydrogens is 1910 g/mol. The summed E-state index contributed by atoms with van der Waals surface area (Å²) >= 11 is 33.3. The Bertz CT molecular complexity index is 6400. The monoisotopic (exact) mass is 1990 g/mol. The van der Waals surface area contributed by atoms with Gasteiger partial charge in [-0.3, -0.25) is 66.5 Å². The van der Waals surface area contributed by atoms with E-state index in [1.807, 2.05) is 0 Å². The zero-order chi connectivity index (χ0) is 90.2. The van der Waals surface area contributed by atoms with Crippen LogP contribution in [-0.4, -0.2) is 230 Å². The van der Waals surface area contributed by atoms with Crippen molar-refractivity contribution in [2.24, 2.45) is 0 Å². The van der Waals surface area contributed by atoms with Crippen LogP contribution < -0.4 is 56.5 Å². The van der Waals surface area contributed by atoms with Gasteiger partial charge in [0, 0.05) is 80.9 Å². The lowest BCUT2D eigenvalue weighted by Gasteiger charge is -2.28. The second kappa shape index (κ2) is 37.8. The fourth-order valence-corrected chi connectivity index (χ4v) is 23.1. The lowest BCUT2D eigenvalue weighted by Crippen LogP contribution is -2.33. The number of H-pyrrole nitrogens is 4. The average Bonchev–Trinajstić information content (AvgIpc) is 1.63. The molecule has 6 fully saturated rings. The topological polar surface area (TPSA) is 681 Å². The van der Waals surface area contributed by atoms with Crippen LogP contribution in [0.1, 0.15) is 106 Å². The number of ether oxygens (including phenoxy) is 6. The molecule has 16 N–H and O–H groups in total. The van der Waals surface area contributed by atoms with Crippen molar-refractivity contribution in [1.82, 2.24) is 87.2 Å².